The molecule has 1 aromatic heterocycles. The van der Waals surface area contributed by atoms with Crippen LogP contribution >= 0.6 is 0 Å². The highest BCUT2D eigenvalue weighted by atomic mass is 16.3. The molecule has 1 unspecified atom stereocenters. The van der Waals surface area contributed by atoms with E-state index in [1.807, 2.05) is 13.3 Å². The second-order valence-electron chi connectivity index (χ2n) is 5.82. The van der Waals surface area contributed by atoms with E-state index in [0.717, 1.165) is 24.9 Å². The maximum atomic E-state index is 5.66. The molecule has 1 atom stereocenters. The lowest BCUT2D eigenvalue weighted by molar-refractivity contribution is 0.0424. The quantitative estimate of drug-likeness (QED) is 0.895. The van der Waals surface area contributed by atoms with Gasteiger partial charge in [0.25, 0.3) is 0 Å². The van der Waals surface area contributed by atoms with Gasteiger partial charge in [0.2, 0.25) is 0 Å². The summed E-state index contributed by atoms with van der Waals surface area (Å²) in [7, 11) is 1.98. The molecule has 0 spiro atoms. The first-order valence-electron chi connectivity index (χ1n) is 7.53. The monoisotopic (exact) mass is 263 g/mol. The molecule has 0 amide bonds. The zero-order valence-corrected chi connectivity index (χ0v) is 11.9. The zero-order valence-electron chi connectivity index (χ0n) is 11.9. The van der Waals surface area contributed by atoms with Crippen molar-refractivity contribution in [2.45, 2.75) is 38.4 Å². The van der Waals surface area contributed by atoms with Gasteiger partial charge in [-0.1, -0.05) is 6.42 Å². The average molecular weight is 263 g/mol. The largest absolute Gasteiger partial charge is 0.468 e. The Morgan fingerprint density at radius 2 is 2.26 bits per heavy atom. The van der Waals surface area contributed by atoms with E-state index in [0.29, 0.717) is 0 Å². The summed E-state index contributed by atoms with van der Waals surface area (Å²) in [4.78, 5) is 5.24. The van der Waals surface area contributed by atoms with E-state index in [9.17, 15) is 0 Å². The van der Waals surface area contributed by atoms with Crippen molar-refractivity contribution in [3.05, 3.63) is 23.7 Å². The predicted molar refractivity (Wildman–Crippen MR) is 76.0 cm³/mol. The van der Waals surface area contributed by atoms with Crippen LogP contribution in [-0.2, 0) is 13.1 Å². The van der Waals surface area contributed by atoms with E-state index in [1.165, 1.54) is 51.0 Å². The Balaban J connectivity index is 1.59. The molecule has 0 aromatic carbocycles. The highest BCUT2D eigenvalue weighted by Gasteiger charge is 2.29. The molecule has 2 aliphatic rings. The Kier molecular flexibility index (Phi) is 4.21. The molecule has 0 saturated carbocycles. The molecule has 0 aliphatic carbocycles. The van der Waals surface area contributed by atoms with Crippen LogP contribution in [0, 0.1) is 0 Å². The molecule has 106 valence electrons. The summed E-state index contributed by atoms with van der Waals surface area (Å²) in [6.45, 7) is 6.79. The van der Waals surface area contributed by atoms with Gasteiger partial charge >= 0.3 is 0 Å². The van der Waals surface area contributed by atoms with Crippen LogP contribution in [0.4, 0.5) is 0 Å². The van der Waals surface area contributed by atoms with Crippen LogP contribution in [0.1, 0.15) is 30.6 Å². The fraction of sp³-hybridized carbons (Fsp3) is 0.733. The van der Waals surface area contributed by atoms with E-state index in [-0.39, 0.29) is 0 Å². The number of hydrogen-bond acceptors (Lipinski definition) is 4. The van der Waals surface area contributed by atoms with Gasteiger partial charge < -0.3 is 9.73 Å². The summed E-state index contributed by atoms with van der Waals surface area (Å²) in [5.41, 5.74) is 1.30. The van der Waals surface area contributed by atoms with Crippen LogP contribution in [0.15, 0.2) is 16.7 Å². The summed E-state index contributed by atoms with van der Waals surface area (Å²) in [6, 6.07) is 2.87. The van der Waals surface area contributed by atoms with Crippen molar-refractivity contribution in [2.75, 3.05) is 33.2 Å². The smallest absolute Gasteiger partial charge is 0.122 e. The van der Waals surface area contributed by atoms with Gasteiger partial charge in [-0.2, -0.15) is 0 Å². The Bertz CT molecular complexity index is 404. The molecule has 2 saturated heterocycles. The van der Waals surface area contributed by atoms with Gasteiger partial charge in [0.15, 0.2) is 0 Å². The molecule has 3 rings (SSSR count). The summed E-state index contributed by atoms with van der Waals surface area (Å²) in [5.74, 6) is 1.14. The molecule has 0 bridgehead atoms. The van der Waals surface area contributed by atoms with Crippen molar-refractivity contribution in [2.24, 2.45) is 0 Å². The second kappa shape index (κ2) is 6.07. The highest BCUT2D eigenvalue weighted by molar-refractivity contribution is 5.16. The first kappa shape index (κ1) is 13.2. The van der Waals surface area contributed by atoms with Crippen LogP contribution in [0.3, 0.4) is 0 Å². The van der Waals surface area contributed by atoms with Gasteiger partial charge in [0.05, 0.1) is 12.8 Å². The minimum absolute atomic E-state index is 0.783. The number of rotatable bonds is 4. The Labute approximate surface area is 115 Å². The van der Waals surface area contributed by atoms with E-state index >= 15 is 0 Å². The Morgan fingerprint density at radius 1 is 1.32 bits per heavy atom. The van der Waals surface area contributed by atoms with Crippen molar-refractivity contribution >= 4 is 0 Å². The van der Waals surface area contributed by atoms with Gasteiger partial charge in [0.1, 0.15) is 5.76 Å². The molecule has 4 nitrogen and oxygen atoms in total. The first-order chi connectivity index (χ1) is 9.36. The number of piperazine rings is 1. The van der Waals surface area contributed by atoms with Crippen molar-refractivity contribution in [3.8, 4) is 0 Å². The van der Waals surface area contributed by atoms with Crippen LogP contribution in [0.25, 0.3) is 0 Å². The molecule has 0 radical (unpaired) electrons. The van der Waals surface area contributed by atoms with E-state index in [4.69, 9.17) is 4.42 Å². The third-order valence-electron chi connectivity index (χ3n) is 4.49. The molecular weight excluding hydrogens is 238 g/mol. The van der Waals surface area contributed by atoms with Crippen molar-refractivity contribution in [1.82, 2.24) is 15.1 Å². The summed E-state index contributed by atoms with van der Waals surface area (Å²) >= 11 is 0. The number of fused-ring (bicyclic) bond motifs is 1. The number of hydrogen-bond donors (Lipinski definition) is 1. The number of nitrogens with zero attached hydrogens (tertiary/aromatic N) is 2. The van der Waals surface area contributed by atoms with E-state index in [2.05, 4.69) is 21.2 Å². The predicted octanol–water partition coefficient (Wildman–Crippen LogP) is 1.67. The summed E-state index contributed by atoms with van der Waals surface area (Å²) in [6.07, 6.45) is 5.98. The van der Waals surface area contributed by atoms with Crippen molar-refractivity contribution in [1.29, 1.82) is 0 Å². The van der Waals surface area contributed by atoms with Gasteiger partial charge in [-0.3, -0.25) is 9.80 Å². The zero-order chi connectivity index (χ0) is 13.1. The minimum Gasteiger partial charge on any atom is -0.468 e. The van der Waals surface area contributed by atoms with Gasteiger partial charge in [-0.25, -0.2) is 0 Å². The highest BCUT2D eigenvalue weighted by Crippen LogP contribution is 2.23. The molecule has 19 heavy (non-hydrogen) atoms. The summed E-state index contributed by atoms with van der Waals surface area (Å²) in [5, 5.41) is 3.21. The maximum Gasteiger partial charge on any atom is 0.122 e. The lowest BCUT2D eigenvalue weighted by atomic mass is 9.99. The minimum atomic E-state index is 0.783. The molecule has 3 heterocycles. The fourth-order valence-corrected chi connectivity index (χ4v) is 3.42. The lowest BCUT2D eigenvalue weighted by Gasteiger charge is -2.43. The van der Waals surface area contributed by atoms with Crippen LogP contribution < -0.4 is 5.32 Å². The topological polar surface area (TPSA) is 31.7 Å². The van der Waals surface area contributed by atoms with E-state index < -0.39 is 0 Å². The van der Waals surface area contributed by atoms with Crippen LogP contribution in [0.2, 0.25) is 0 Å². The van der Waals surface area contributed by atoms with Crippen molar-refractivity contribution < 1.29 is 4.42 Å². The number of piperidine rings is 1. The average Bonchev–Trinajstić information content (AvgIpc) is 2.86. The number of furan rings is 1. The van der Waals surface area contributed by atoms with Crippen molar-refractivity contribution in [3.63, 3.8) is 0 Å². The molecular formula is C15H25N3O. The van der Waals surface area contributed by atoms with Gasteiger partial charge in [-0.15, -0.1) is 0 Å². The van der Waals surface area contributed by atoms with Gasteiger partial charge in [-0.05, 0) is 32.5 Å². The number of nitrogens with one attached hydrogen (secondary N) is 1. The standard InChI is InChI=1S/C15H25N3O/c1-16-10-13-5-9-19-15(13)12-17-7-8-18-6-3-2-4-14(18)11-17/h5,9,14,16H,2-4,6-8,10-12H2,1H3. The molecule has 2 fully saturated rings. The lowest BCUT2D eigenvalue weighted by Crippen LogP contribution is -2.54. The summed E-state index contributed by atoms with van der Waals surface area (Å²) < 4.78 is 5.66. The van der Waals surface area contributed by atoms with Crippen LogP contribution in [-0.4, -0.2) is 49.1 Å². The maximum absolute atomic E-state index is 5.66. The fourth-order valence-electron chi connectivity index (χ4n) is 3.42. The third kappa shape index (κ3) is 3.02. The Hall–Kier alpha value is -0.840. The normalized spacial score (nSPS) is 25.4. The van der Waals surface area contributed by atoms with E-state index in [1.54, 1.807) is 0 Å². The first-order valence-corrected chi connectivity index (χ1v) is 7.53. The third-order valence-corrected chi connectivity index (χ3v) is 4.49. The molecule has 2 aliphatic heterocycles. The molecule has 4 heteroatoms. The molecule has 1 aromatic rings. The SMILES string of the molecule is CNCc1ccoc1CN1CCN2CCCCC2C1. The van der Waals surface area contributed by atoms with Crippen LogP contribution in [0.5, 0.6) is 0 Å². The second-order valence-corrected chi connectivity index (χ2v) is 5.82. The molecule has 1 N–H and O–H groups in total. The van der Waals surface area contributed by atoms with Gasteiger partial charge in [0, 0.05) is 37.8 Å². The Morgan fingerprint density at radius 3 is 3.16 bits per heavy atom.